The van der Waals surface area contributed by atoms with Gasteiger partial charge in [-0.1, -0.05) is 0 Å². The van der Waals surface area contributed by atoms with Crippen LogP contribution >= 0.6 is 0 Å². The van der Waals surface area contributed by atoms with Crippen LogP contribution in [0.5, 0.6) is 0 Å². The summed E-state index contributed by atoms with van der Waals surface area (Å²) in [7, 11) is 0. The van der Waals surface area contributed by atoms with Gasteiger partial charge >= 0.3 is 5.97 Å². The van der Waals surface area contributed by atoms with Crippen molar-refractivity contribution in [2.75, 3.05) is 11.9 Å². The van der Waals surface area contributed by atoms with E-state index in [0.29, 0.717) is 0 Å². The molecule has 0 bridgehead atoms. The minimum Gasteiger partial charge on any atom is -0.478 e. The molecule has 0 fully saturated rings. The summed E-state index contributed by atoms with van der Waals surface area (Å²) in [5, 5.41) is 20.3. The summed E-state index contributed by atoms with van der Waals surface area (Å²) in [6.07, 6.45) is 0.273. The molecular formula is C9H11FN2O3. The van der Waals surface area contributed by atoms with Crippen molar-refractivity contribution >= 4 is 11.8 Å². The average Bonchev–Trinajstić information content (AvgIpc) is 2.15. The zero-order valence-electron chi connectivity index (χ0n) is 8.07. The molecule has 0 saturated heterocycles. The van der Waals surface area contributed by atoms with Gasteiger partial charge in [0.25, 0.3) is 0 Å². The molecule has 0 aromatic carbocycles. The number of carboxylic acids is 1. The zero-order valence-corrected chi connectivity index (χ0v) is 8.07. The number of aliphatic hydroxyl groups excluding tert-OH is 1. The Morgan fingerprint density at radius 3 is 2.93 bits per heavy atom. The van der Waals surface area contributed by atoms with Crippen LogP contribution in [0.3, 0.4) is 0 Å². The highest BCUT2D eigenvalue weighted by Gasteiger charge is 2.12. The van der Waals surface area contributed by atoms with E-state index in [1.807, 2.05) is 0 Å². The van der Waals surface area contributed by atoms with E-state index in [1.54, 1.807) is 0 Å². The molecule has 0 aliphatic heterocycles. The highest BCUT2D eigenvalue weighted by molar-refractivity contribution is 5.93. The maximum atomic E-state index is 12.7. The van der Waals surface area contributed by atoms with Crippen molar-refractivity contribution in [1.29, 1.82) is 0 Å². The number of nitrogens with one attached hydrogen (secondary N) is 1. The van der Waals surface area contributed by atoms with Crippen LogP contribution in [0.2, 0.25) is 0 Å². The van der Waals surface area contributed by atoms with Gasteiger partial charge in [0, 0.05) is 6.54 Å². The number of aliphatic hydroxyl groups is 1. The van der Waals surface area contributed by atoms with E-state index in [1.165, 1.54) is 6.92 Å². The van der Waals surface area contributed by atoms with Gasteiger partial charge in [0.1, 0.15) is 17.2 Å². The molecule has 1 atom stereocenters. The van der Waals surface area contributed by atoms with Crippen molar-refractivity contribution in [2.24, 2.45) is 0 Å². The Bertz CT molecular complexity index is 368. The van der Waals surface area contributed by atoms with Crippen LogP contribution in [0, 0.1) is 5.82 Å². The first-order valence-electron chi connectivity index (χ1n) is 4.31. The number of rotatable bonds is 4. The molecule has 0 aliphatic rings. The number of carbonyl (C=O) groups is 1. The third-order valence-electron chi connectivity index (χ3n) is 1.65. The molecule has 5 nitrogen and oxygen atoms in total. The van der Waals surface area contributed by atoms with Gasteiger partial charge in [-0.25, -0.2) is 14.2 Å². The van der Waals surface area contributed by atoms with E-state index in [9.17, 15) is 9.18 Å². The monoisotopic (exact) mass is 214 g/mol. The second kappa shape index (κ2) is 4.70. The summed E-state index contributed by atoms with van der Waals surface area (Å²) in [6, 6.07) is 0.875. The number of anilines is 1. The van der Waals surface area contributed by atoms with Gasteiger partial charge in [-0.3, -0.25) is 0 Å². The Hall–Kier alpha value is -1.69. The van der Waals surface area contributed by atoms with Crippen LogP contribution in [0.15, 0.2) is 12.3 Å². The minimum atomic E-state index is -1.27. The normalized spacial score (nSPS) is 12.2. The van der Waals surface area contributed by atoms with Crippen molar-refractivity contribution in [3.63, 3.8) is 0 Å². The SMILES string of the molecule is CC(O)CNc1ncc(F)cc1C(=O)O. The number of nitrogens with zero attached hydrogens (tertiary/aromatic N) is 1. The second-order valence-electron chi connectivity index (χ2n) is 3.08. The molecule has 1 aromatic rings. The lowest BCUT2D eigenvalue weighted by Crippen LogP contribution is -2.18. The van der Waals surface area contributed by atoms with Crippen LogP contribution in [-0.4, -0.2) is 33.8 Å². The molecule has 0 saturated carbocycles. The fourth-order valence-electron chi connectivity index (χ4n) is 0.988. The molecule has 0 spiro atoms. The number of aromatic nitrogens is 1. The van der Waals surface area contributed by atoms with E-state index >= 15 is 0 Å². The first-order chi connectivity index (χ1) is 7.00. The lowest BCUT2D eigenvalue weighted by molar-refractivity contribution is 0.0696. The van der Waals surface area contributed by atoms with Crippen LogP contribution in [0.25, 0.3) is 0 Å². The molecule has 0 radical (unpaired) electrons. The Kier molecular flexibility index (Phi) is 3.56. The number of hydrogen-bond donors (Lipinski definition) is 3. The number of carboxylic acid groups (broad SMARTS) is 1. The summed E-state index contributed by atoms with van der Waals surface area (Å²) in [5.41, 5.74) is -0.254. The van der Waals surface area contributed by atoms with Crippen LogP contribution in [0.1, 0.15) is 17.3 Å². The molecule has 1 unspecified atom stereocenters. The Balaban J connectivity index is 2.91. The molecule has 1 aromatic heterocycles. The number of halogens is 1. The van der Waals surface area contributed by atoms with Gasteiger partial charge in [0.15, 0.2) is 0 Å². The van der Waals surface area contributed by atoms with Gasteiger partial charge in [-0.05, 0) is 13.0 Å². The van der Waals surface area contributed by atoms with Crippen molar-refractivity contribution < 1.29 is 19.4 Å². The van der Waals surface area contributed by atoms with Gasteiger partial charge < -0.3 is 15.5 Å². The largest absolute Gasteiger partial charge is 0.478 e. The quantitative estimate of drug-likeness (QED) is 0.687. The summed E-state index contributed by atoms with van der Waals surface area (Å²) >= 11 is 0. The Labute approximate surface area is 85.6 Å². The third kappa shape index (κ3) is 3.17. The van der Waals surface area contributed by atoms with Gasteiger partial charge in [-0.15, -0.1) is 0 Å². The first kappa shape index (κ1) is 11.4. The standard InChI is InChI=1S/C9H11FN2O3/c1-5(13)3-11-8-7(9(14)15)2-6(10)4-12-8/h2,4-5,13H,3H2,1H3,(H,11,12)(H,14,15). The van der Waals surface area contributed by atoms with Crippen molar-refractivity contribution in [3.8, 4) is 0 Å². The van der Waals surface area contributed by atoms with Gasteiger partial charge in [-0.2, -0.15) is 0 Å². The van der Waals surface area contributed by atoms with E-state index in [2.05, 4.69) is 10.3 Å². The second-order valence-corrected chi connectivity index (χ2v) is 3.08. The van der Waals surface area contributed by atoms with Crippen LogP contribution < -0.4 is 5.32 Å². The summed E-state index contributed by atoms with van der Waals surface area (Å²) < 4.78 is 12.7. The van der Waals surface area contributed by atoms with Crippen LogP contribution in [0.4, 0.5) is 10.2 Å². The van der Waals surface area contributed by atoms with Gasteiger partial charge in [0.2, 0.25) is 0 Å². The maximum Gasteiger partial charge on any atom is 0.339 e. The van der Waals surface area contributed by atoms with Crippen LogP contribution in [-0.2, 0) is 0 Å². The van der Waals surface area contributed by atoms with Crippen molar-refractivity contribution in [2.45, 2.75) is 13.0 Å². The summed E-state index contributed by atoms with van der Waals surface area (Å²) in [4.78, 5) is 14.3. The lowest BCUT2D eigenvalue weighted by Gasteiger charge is -2.09. The molecule has 0 amide bonds. The predicted molar refractivity (Wildman–Crippen MR) is 51.3 cm³/mol. The highest BCUT2D eigenvalue weighted by atomic mass is 19.1. The molecule has 15 heavy (non-hydrogen) atoms. The molecule has 6 heteroatoms. The molecule has 1 heterocycles. The molecule has 82 valence electrons. The van der Waals surface area contributed by atoms with Gasteiger partial charge in [0.05, 0.1) is 12.3 Å². The van der Waals surface area contributed by atoms with E-state index in [0.717, 1.165) is 12.3 Å². The van der Waals surface area contributed by atoms with E-state index in [4.69, 9.17) is 10.2 Å². The number of pyridine rings is 1. The predicted octanol–water partition coefficient (Wildman–Crippen LogP) is 0.712. The fourth-order valence-corrected chi connectivity index (χ4v) is 0.988. The zero-order chi connectivity index (χ0) is 11.4. The molecular weight excluding hydrogens is 203 g/mol. The smallest absolute Gasteiger partial charge is 0.339 e. The highest BCUT2D eigenvalue weighted by Crippen LogP contribution is 2.13. The topological polar surface area (TPSA) is 82.5 Å². The third-order valence-corrected chi connectivity index (χ3v) is 1.65. The fraction of sp³-hybridized carbons (Fsp3) is 0.333. The average molecular weight is 214 g/mol. The van der Waals surface area contributed by atoms with Crippen molar-refractivity contribution in [1.82, 2.24) is 4.98 Å². The number of aromatic carboxylic acids is 1. The minimum absolute atomic E-state index is 0.0461. The first-order valence-corrected chi connectivity index (χ1v) is 4.31. The van der Waals surface area contributed by atoms with E-state index < -0.39 is 17.9 Å². The summed E-state index contributed by atoms with van der Waals surface area (Å²) in [6.45, 7) is 1.69. The Morgan fingerprint density at radius 1 is 1.73 bits per heavy atom. The summed E-state index contributed by atoms with van der Waals surface area (Å²) in [5.74, 6) is -1.94. The maximum absolute atomic E-state index is 12.7. The Morgan fingerprint density at radius 2 is 2.40 bits per heavy atom. The van der Waals surface area contributed by atoms with Crippen molar-refractivity contribution in [3.05, 3.63) is 23.6 Å². The molecule has 0 aliphatic carbocycles. The molecule has 1 rings (SSSR count). The lowest BCUT2D eigenvalue weighted by atomic mass is 10.2. The number of hydrogen-bond acceptors (Lipinski definition) is 4. The van der Waals surface area contributed by atoms with E-state index in [-0.39, 0.29) is 17.9 Å². The molecule has 3 N–H and O–H groups in total.